The standard InChI is InChI=1S/C22H21NO5/c1-4-9-23-19(13-6-7-15(24)17(11-13)27-3)18-20(25)14-10-12(2)5-8-16(14)28-21(18)22(23)26/h5-8,10-11,19,24H,4,9H2,1-3H3/t19-/m0/s1. The smallest absolute Gasteiger partial charge is 0.290 e. The molecule has 1 aliphatic rings. The number of amides is 1. The van der Waals surface area contributed by atoms with E-state index in [9.17, 15) is 14.7 Å². The Hall–Kier alpha value is -3.28. The van der Waals surface area contributed by atoms with Crippen molar-refractivity contribution >= 4 is 16.9 Å². The van der Waals surface area contributed by atoms with Gasteiger partial charge in [-0.05, 0) is 43.2 Å². The van der Waals surface area contributed by atoms with Gasteiger partial charge >= 0.3 is 0 Å². The van der Waals surface area contributed by atoms with Crippen LogP contribution >= 0.6 is 0 Å². The number of methoxy groups -OCH3 is 1. The molecule has 0 radical (unpaired) electrons. The van der Waals surface area contributed by atoms with Crippen LogP contribution < -0.4 is 10.2 Å². The molecule has 28 heavy (non-hydrogen) atoms. The van der Waals surface area contributed by atoms with Crippen LogP contribution in [0.25, 0.3) is 11.0 Å². The maximum atomic E-state index is 13.4. The van der Waals surface area contributed by atoms with Crippen molar-refractivity contribution in [3.8, 4) is 11.5 Å². The van der Waals surface area contributed by atoms with Crippen molar-refractivity contribution in [3.63, 3.8) is 0 Å². The number of fused-ring (bicyclic) bond motifs is 2. The Labute approximate surface area is 162 Å². The molecule has 0 saturated carbocycles. The number of hydrogen-bond donors (Lipinski definition) is 1. The Morgan fingerprint density at radius 1 is 1.18 bits per heavy atom. The molecule has 0 bridgehead atoms. The van der Waals surface area contributed by atoms with Gasteiger partial charge in [-0.15, -0.1) is 0 Å². The van der Waals surface area contributed by atoms with Gasteiger partial charge in [0, 0.05) is 6.54 Å². The molecule has 2 aromatic carbocycles. The van der Waals surface area contributed by atoms with Gasteiger partial charge in [0.1, 0.15) is 5.58 Å². The lowest BCUT2D eigenvalue weighted by Crippen LogP contribution is -2.30. The molecule has 3 aromatic rings. The van der Waals surface area contributed by atoms with Gasteiger partial charge in [-0.2, -0.15) is 0 Å². The number of rotatable bonds is 4. The number of phenols is 1. The van der Waals surface area contributed by atoms with E-state index in [1.807, 2.05) is 19.9 Å². The van der Waals surface area contributed by atoms with Gasteiger partial charge in [-0.3, -0.25) is 9.59 Å². The van der Waals surface area contributed by atoms with Gasteiger partial charge in [0.2, 0.25) is 5.76 Å². The second-order valence-corrected chi connectivity index (χ2v) is 7.01. The Kier molecular flexibility index (Phi) is 4.34. The van der Waals surface area contributed by atoms with E-state index in [2.05, 4.69) is 0 Å². The van der Waals surface area contributed by atoms with Crippen molar-refractivity contribution < 1.29 is 19.1 Å². The molecule has 1 N–H and O–H groups in total. The molecule has 1 atom stereocenters. The first-order chi connectivity index (χ1) is 13.5. The van der Waals surface area contributed by atoms with Crippen molar-refractivity contribution in [1.82, 2.24) is 4.90 Å². The third kappa shape index (κ3) is 2.64. The molecule has 1 aromatic heterocycles. The number of phenolic OH excluding ortho intramolecular Hbond substituents is 1. The van der Waals surface area contributed by atoms with Gasteiger partial charge in [-0.1, -0.05) is 24.6 Å². The lowest BCUT2D eigenvalue weighted by Gasteiger charge is -2.25. The summed E-state index contributed by atoms with van der Waals surface area (Å²) in [6.45, 7) is 4.36. The lowest BCUT2D eigenvalue weighted by molar-refractivity contribution is 0.0728. The molecule has 0 aliphatic carbocycles. The minimum absolute atomic E-state index is 0.000917. The second kappa shape index (κ2) is 6.71. The van der Waals surface area contributed by atoms with Crippen LogP contribution in [0.5, 0.6) is 11.5 Å². The third-order valence-corrected chi connectivity index (χ3v) is 5.11. The molecular weight excluding hydrogens is 358 g/mol. The van der Waals surface area contributed by atoms with Crippen LogP contribution in [-0.4, -0.2) is 29.6 Å². The SMILES string of the molecule is CCCN1C(=O)c2oc3ccc(C)cc3c(=O)c2[C@@H]1c1ccc(O)c(OC)c1. The number of ether oxygens (including phenoxy) is 1. The third-order valence-electron chi connectivity index (χ3n) is 5.11. The molecule has 1 aliphatic heterocycles. The fourth-order valence-corrected chi connectivity index (χ4v) is 3.82. The normalized spacial score (nSPS) is 15.9. The quantitative estimate of drug-likeness (QED) is 0.746. The van der Waals surface area contributed by atoms with E-state index in [1.165, 1.54) is 13.2 Å². The van der Waals surface area contributed by atoms with Crippen LogP contribution in [0, 0.1) is 6.92 Å². The summed E-state index contributed by atoms with van der Waals surface area (Å²) in [4.78, 5) is 28.1. The first-order valence-electron chi connectivity index (χ1n) is 9.21. The summed E-state index contributed by atoms with van der Waals surface area (Å²) in [6.07, 6.45) is 0.734. The van der Waals surface area contributed by atoms with E-state index in [-0.39, 0.29) is 28.6 Å². The van der Waals surface area contributed by atoms with Crippen molar-refractivity contribution in [3.05, 3.63) is 69.1 Å². The first-order valence-corrected chi connectivity index (χ1v) is 9.21. The Morgan fingerprint density at radius 3 is 2.68 bits per heavy atom. The van der Waals surface area contributed by atoms with Crippen LogP contribution in [-0.2, 0) is 0 Å². The van der Waals surface area contributed by atoms with Gasteiger partial charge in [0.05, 0.1) is 24.1 Å². The number of aryl methyl sites for hydroxylation is 1. The van der Waals surface area contributed by atoms with E-state index in [0.717, 1.165) is 12.0 Å². The van der Waals surface area contributed by atoms with E-state index in [4.69, 9.17) is 9.15 Å². The Morgan fingerprint density at radius 2 is 1.96 bits per heavy atom. The van der Waals surface area contributed by atoms with Gasteiger partial charge in [0.15, 0.2) is 16.9 Å². The number of carbonyl (C=O) groups excluding carboxylic acids is 1. The summed E-state index contributed by atoms with van der Waals surface area (Å²) in [5.74, 6) is 0.0789. The van der Waals surface area contributed by atoms with Gasteiger partial charge < -0.3 is 19.2 Å². The average molecular weight is 379 g/mol. The molecule has 6 nitrogen and oxygen atoms in total. The maximum Gasteiger partial charge on any atom is 0.290 e. The first kappa shape index (κ1) is 18.1. The zero-order chi connectivity index (χ0) is 20.0. The zero-order valence-corrected chi connectivity index (χ0v) is 16.0. The minimum Gasteiger partial charge on any atom is -0.504 e. The van der Waals surface area contributed by atoms with Crippen molar-refractivity contribution in [2.24, 2.45) is 0 Å². The number of nitrogens with zero attached hydrogens (tertiary/aromatic N) is 1. The average Bonchev–Trinajstić information content (AvgIpc) is 2.96. The highest BCUT2D eigenvalue weighted by molar-refractivity contribution is 5.99. The summed E-state index contributed by atoms with van der Waals surface area (Å²) in [5, 5.41) is 10.4. The molecule has 0 fully saturated rings. The van der Waals surface area contributed by atoms with Crippen molar-refractivity contribution in [2.45, 2.75) is 26.3 Å². The monoisotopic (exact) mass is 379 g/mol. The van der Waals surface area contributed by atoms with Crippen molar-refractivity contribution in [1.29, 1.82) is 0 Å². The predicted octanol–water partition coefficient (Wildman–Crippen LogP) is 3.77. The maximum absolute atomic E-state index is 13.4. The number of carbonyl (C=O) groups is 1. The predicted molar refractivity (Wildman–Crippen MR) is 105 cm³/mol. The van der Waals surface area contributed by atoms with E-state index < -0.39 is 6.04 Å². The molecule has 2 heterocycles. The molecule has 6 heteroatoms. The van der Waals surface area contributed by atoms with Gasteiger partial charge in [-0.25, -0.2) is 0 Å². The number of aromatic hydroxyl groups is 1. The van der Waals surface area contributed by atoms with Crippen LogP contribution in [0.3, 0.4) is 0 Å². The Balaban J connectivity index is 2.01. The molecular formula is C22H21NO5. The van der Waals surface area contributed by atoms with Crippen LogP contribution in [0.2, 0.25) is 0 Å². The number of benzene rings is 2. The minimum atomic E-state index is -0.585. The lowest BCUT2D eigenvalue weighted by atomic mass is 9.97. The molecule has 1 amide bonds. The molecule has 0 spiro atoms. The van der Waals surface area contributed by atoms with Crippen LogP contribution in [0.1, 0.15) is 46.6 Å². The Bertz CT molecular complexity index is 1150. The van der Waals surface area contributed by atoms with Crippen LogP contribution in [0.15, 0.2) is 45.6 Å². The fourth-order valence-electron chi connectivity index (χ4n) is 3.82. The van der Waals surface area contributed by atoms with E-state index in [1.54, 1.807) is 29.2 Å². The summed E-state index contributed by atoms with van der Waals surface area (Å²) in [7, 11) is 1.46. The zero-order valence-electron chi connectivity index (χ0n) is 16.0. The summed E-state index contributed by atoms with van der Waals surface area (Å²) < 4.78 is 11.1. The summed E-state index contributed by atoms with van der Waals surface area (Å²) >= 11 is 0. The highest BCUT2D eigenvalue weighted by atomic mass is 16.5. The van der Waals surface area contributed by atoms with Crippen molar-refractivity contribution in [2.75, 3.05) is 13.7 Å². The number of hydrogen-bond acceptors (Lipinski definition) is 5. The van der Waals surface area contributed by atoms with Gasteiger partial charge in [0.25, 0.3) is 5.91 Å². The summed E-state index contributed by atoms with van der Waals surface area (Å²) in [5.41, 5.74) is 2.17. The molecule has 0 unspecified atom stereocenters. The fraction of sp³-hybridized carbons (Fsp3) is 0.273. The summed E-state index contributed by atoms with van der Waals surface area (Å²) in [6, 6.07) is 9.64. The second-order valence-electron chi connectivity index (χ2n) is 7.01. The topological polar surface area (TPSA) is 80.0 Å². The molecule has 0 saturated heterocycles. The van der Waals surface area contributed by atoms with E-state index >= 15 is 0 Å². The molecule has 4 rings (SSSR count). The molecule has 144 valence electrons. The highest BCUT2D eigenvalue weighted by Crippen LogP contribution is 2.40. The van der Waals surface area contributed by atoms with Crippen LogP contribution in [0.4, 0.5) is 0 Å². The van der Waals surface area contributed by atoms with E-state index in [0.29, 0.717) is 28.6 Å². The largest absolute Gasteiger partial charge is 0.504 e. The highest BCUT2D eigenvalue weighted by Gasteiger charge is 2.42.